The van der Waals surface area contributed by atoms with Crippen molar-refractivity contribution in [3.63, 3.8) is 0 Å². The number of aliphatic hydroxyl groups excluding tert-OH is 2. The molecule has 1 fully saturated rings. The van der Waals surface area contributed by atoms with Crippen molar-refractivity contribution in [1.82, 2.24) is 43.5 Å². The van der Waals surface area contributed by atoms with E-state index < -0.39 is 41.7 Å². The first kappa shape index (κ1) is 32.9. The number of fused-ring (bicyclic) bond motifs is 3. The summed E-state index contributed by atoms with van der Waals surface area (Å²) in [5.74, 6) is 0.659. The number of ether oxygens (including phenoxy) is 1. The fourth-order valence-electron chi connectivity index (χ4n) is 6.39. The zero-order chi connectivity index (χ0) is 35.4. The van der Waals surface area contributed by atoms with Crippen molar-refractivity contribution >= 4 is 51.0 Å². The number of nitrogens with one attached hydrogen (secondary N) is 2. The number of imidazole rings is 2. The lowest BCUT2D eigenvalue weighted by Crippen LogP contribution is -2.42. The second kappa shape index (κ2) is 12.7. The number of benzene rings is 1. The Bertz CT molecular complexity index is 2390. The molecule has 6 aromatic rings. The smallest absolute Gasteiger partial charge is 0.332 e. The average Bonchev–Trinajstić information content (AvgIpc) is 3.85. The van der Waals surface area contributed by atoms with E-state index in [4.69, 9.17) is 14.9 Å². The largest absolute Gasteiger partial charge is 0.453 e. The number of aliphatic hydroxyl groups is 2. The van der Waals surface area contributed by atoms with Crippen molar-refractivity contribution in [2.75, 3.05) is 24.1 Å². The molecule has 262 valence electrons. The highest BCUT2D eigenvalue weighted by atomic mass is 16.6. The van der Waals surface area contributed by atoms with Crippen LogP contribution in [0.5, 0.6) is 0 Å². The molecule has 0 aliphatic carbocycles. The molecule has 1 aliphatic heterocycles. The Hall–Kier alpha value is -5.59. The van der Waals surface area contributed by atoms with Gasteiger partial charge in [-0.3, -0.25) is 23.3 Å². The number of anilines is 2. The van der Waals surface area contributed by atoms with Gasteiger partial charge in [0.1, 0.15) is 23.3 Å². The molecular formula is C32H37N11O7. The normalized spacial score (nSPS) is 19.2. The first-order valence-corrected chi connectivity index (χ1v) is 16.3. The molecule has 0 radical (unpaired) electrons. The van der Waals surface area contributed by atoms with Crippen LogP contribution in [0.15, 0.2) is 44.6 Å². The van der Waals surface area contributed by atoms with Crippen molar-refractivity contribution in [3.05, 3.63) is 57.0 Å². The number of furan rings is 1. The number of nitrogens with two attached hydrogens (primary N) is 1. The van der Waals surface area contributed by atoms with Gasteiger partial charge in [0.2, 0.25) is 5.95 Å². The summed E-state index contributed by atoms with van der Waals surface area (Å²) in [5.41, 5.74) is 8.13. The van der Waals surface area contributed by atoms with Crippen LogP contribution in [0, 0.1) is 0 Å². The SMILES string of the molecule is CCNC(=O)C1O[C@@H](n2cnc3c(N)nc(NCCc4ccc5cc(-c6nc7c(c(=O)n(CC)c(=O)n7CC)n6C)oc5c4)nc32)[C@H](O)[C@@H]1O. The minimum atomic E-state index is -1.45. The number of likely N-dealkylation sites (N-methyl/N-ethyl adjacent to an activating group) is 1. The van der Waals surface area contributed by atoms with Gasteiger partial charge in [-0.2, -0.15) is 9.97 Å². The number of carbonyl (C=O) groups is 1. The monoisotopic (exact) mass is 687 g/mol. The Morgan fingerprint density at radius 1 is 1.02 bits per heavy atom. The van der Waals surface area contributed by atoms with Crippen molar-refractivity contribution in [1.29, 1.82) is 0 Å². The molecule has 50 heavy (non-hydrogen) atoms. The molecule has 18 nitrogen and oxygen atoms in total. The predicted molar refractivity (Wildman–Crippen MR) is 182 cm³/mol. The van der Waals surface area contributed by atoms with Crippen LogP contribution in [-0.4, -0.2) is 85.7 Å². The van der Waals surface area contributed by atoms with Gasteiger partial charge in [0.05, 0.1) is 6.33 Å². The van der Waals surface area contributed by atoms with Crippen LogP contribution in [0.3, 0.4) is 0 Å². The van der Waals surface area contributed by atoms with E-state index in [-0.39, 0.29) is 29.5 Å². The maximum atomic E-state index is 13.2. The summed E-state index contributed by atoms with van der Waals surface area (Å²) in [6.07, 6.45) is -3.35. The highest BCUT2D eigenvalue weighted by Gasteiger charge is 2.47. The van der Waals surface area contributed by atoms with Crippen molar-refractivity contribution in [2.45, 2.75) is 64.8 Å². The quantitative estimate of drug-likeness (QED) is 0.132. The van der Waals surface area contributed by atoms with Gasteiger partial charge >= 0.3 is 5.69 Å². The Kier molecular flexibility index (Phi) is 8.36. The lowest BCUT2D eigenvalue weighted by molar-refractivity contribution is -0.137. The van der Waals surface area contributed by atoms with Gasteiger partial charge in [-0.1, -0.05) is 12.1 Å². The summed E-state index contributed by atoms with van der Waals surface area (Å²) >= 11 is 0. The fourth-order valence-corrected chi connectivity index (χ4v) is 6.39. The van der Waals surface area contributed by atoms with Crippen LogP contribution in [0.4, 0.5) is 11.8 Å². The van der Waals surface area contributed by atoms with Crippen LogP contribution in [0.25, 0.3) is 44.9 Å². The third-order valence-electron chi connectivity index (χ3n) is 8.95. The molecule has 1 amide bonds. The minimum Gasteiger partial charge on any atom is -0.453 e. The number of hydrogen-bond acceptors (Lipinski definition) is 13. The molecule has 0 saturated carbocycles. The van der Waals surface area contributed by atoms with Crippen LogP contribution >= 0.6 is 0 Å². The van der Waals surface area contributed by atoms with Gasteiger partial charge in [0, 0.05) is 38.6 Å². The highest BCUT2D eigenvalue weighted by Crippen LogP contribution is 2.33. The zero-order valence-corrected chi connectivity index (χ0v) is 27.8. The third-order valence-corrected chi connectivity index (χ3v) is 8.95. The van der Waals surface area contributed by atoms with E-state index in [0.29, 0.717) is 54.4 Å². The van der Waals surface area contributed by atoms with Gasteiger partial charge in [-0.05, 0) is 44.9 Å². The number of amides is 1. The van der Waals surface area contributed by atoms with Crippen molar-refractivity contribution in [3.8, 4) is 11.6 Å². The molecule has 0 spiro atoms. The number of hydrogen-bond donors (Lipinski definition) is 5. The Morgan fingerprint density at radius 3 is 2.54 bits per heavy atom. The van der Waals surface area contributed by atoms with E-state index in [9.17, 15) is 24.6 Å². The van der Waals surface area contributed by atoms with Gasteiger partial charge in [0.15, 0.2) is 46.5 Å². The summed E-state index contributed by atoms with van der Waals surface area (Å²) in [4.78, 5) is 56.1. The Morgan fingerprint density at radius 2 is 1.80 bits per heavy atom. The van der Waals surface area contributed by atoms with Gasteiger partial charge in [0.25, 0.3) is 11.5 Å². The lowest BCUT2D eigenvalue weighted by Gasteiger charge is -2.16. The predicted octanol–water partition coefficient (Wildman–Crippen LogP) is 0.482. The van der Waals surface area contributed by atoms with Crippen molar-refractivity contribution in [2.24, 2.45) is 7.05 Å². The van der Waals surface area contributed by atoms with Crippen molar-refractivity contribution < 1.29 is 24.2 Å². The summed E-state index contributed by atoms with van der Waals surface area (Å²) in [7, 11) is 1.73. The van der Waals surface area contributed by atoms with Gasteiger partial charge in [-0.15, -0.1) is 0 Å². The molecule has 1 saturated heterocycles. The maximum Gasteiger partial charge on any atom is 0.332 e. The second-order valence-corrected chi connectivity index (χ2v) is 12.0. The topological polar surface area (TPSA) is 235 Å². The molecule has 6 N–H and O–H groups in total. The average molecular weight is 688 g/mol. The molecule has 4 atom stereocenters. The van der Waals surface area contributed by atoms with E-state index in [1.54, 1.807) is 25.5 Å². The number of aromatic nitrogens is 8. The molecule has 1 aromatic carbocycles. The van der Waals surface area contributed by atoms with E-state index in [1.807, 2.05) is 31.2 Å². The lowest BCUT2D eigenvalue weighted by atomic mass is 10.1. The Balaban J connectivity index is 1.10. The Labute approximate surface area is 283 Å². The standard InChI is InChI=1S/C32H37N11O7/c1-5-34-28(46)23-21(44)22(45)30(50-23)43-14-36-19-24(33)37-31(39-26(19)43)35-11-10-15-8-9-16-13-18(49-17(16)12-15)25-38-27-20(40(25)4)29(47)42(7-3)32(48)41(27)6-2/h8-9,12-14,21-23,30,44-45H,5-7,10-11H2,1-4H3,(H,34,46)(H3,33,35,37,39)/t21-,22+,23?,30+/m0/s1. The molecular weight excluding hydrogens is 650 g/mol. The zero-order valence-electron chi connectivity index (χ0n) is 27.8. The molecule has 6 heterocycles. The molecule has 18 heteroatoms. The van der Waals surface area contributed by atoms with Crippen LogP contribution < -0.4 is 27.6 Å². The molecule has 1 aliphatic rings. The first-order valence-electron chi connectivity index (χ1n) is 16.3. The van der Waals surface area contributed by atoms with E-state index in [1.165, 1.54) is 20.0 Å². The third kappa shape index (κ3) is 5.28. The second-order valence-electron chi connectivity index (χ2n) is 12.0. The summed E-state index contributed by atoms with van der Waals surface area (Å²) in [5, 5.41) is 27.8. The summed E-state index contributed by atoms with van der Waals surface area (Å²) < 4.78 is 17.7. The number of nitrogens with zero attached hydrogens (tertiary/aromatic N) is 8. The number of rotatable bonds is 10. The fraction of sp³-hybridized carbons (Fsp3) is 0.406. The van der Waals surface area contributed by atoms with Crippen LogP contribution in [0.2, 0.25) is 0 Å². The molecule has 7 rings (SSSR count). The van der Waals surface area contributed by atoms with E-state index in [0.717, 1.165) is 10.9 Å². The number of aryl methyl sites for hydroxylation is 2. The van der Waals surface area contributed by atoms with Gasteiger partial charge < -0.3 is 40.3 Å². The van der Waals surface area contributed by atoms with E-state index in [2.05, 4.69) is 30.6 Å². The number of nitrogen functional groups attached to an aromatic ring is 1. The number of carbonyl (C=O) groups excluding carboxylic acids is 1. The van der Waals surface area contributed by atoms with Crippen LogP contribution in [-0.2, 0) is 36.1 Å². The van der Waals surface area contributed by atoms with Gasteiger partial charge in [-0.25, -0.2) is 14.8 Å². The summed E-state index contributed by atoms with van der Waals surface area (Å²) in [6.45, 7) is 6.70. The molecule has 1 unspecified atom stereocenters. The maximum absolute atomic E-state index is 13.2. The first-order chi connectivity index (χ1) is 24.1. The molecule has 5 aromatic heterocycles. The summed E-state index contributed by atoms with van der Waals surface area (Å²) in [6, 6.07) is 7.66. The highest BCUT2D eigenvalue weighted by molar-refractivity contribution is 5.85. The molecule has 0 bridgehead atoms. The van der Waals surface area contributed by atoms with Crippen LogP contribution in [0.1, 0.15) is 32.6 Å². The van der Waals surface area contributed by atoms with E-state index >= 15 is 0 Å². The minimum absolute atomic E-state index is 0.0978.